The Morgan fingerprint density at radius 3 is 2.78 bits per heavy atom. The average molecular weight is 245 g/mol. The number of para-hydroxylation sites is 1. The molecule has 0 aliphatic heterocycles. The zero-order valence-corrected chi connectivity index (χ0v) is 11.1. The summed E-state index contributed by atoms with van der Waals surface area (Å²) in [5.41, 5.74) is 2.31. The van der Waals surface area contributed by atoms with Crippen molar-refractivity contribution in [2.45, 2.75) is 33.2 Å². The van der Waals surface area contributed by atoms with Crippen LogP contribution in [0.2, 0.25) is 0 Å². The van der Waals surface area contributed by atoms with Gasteiger partial charge in [-0.3, -0.25) is 0 Å². The van der Waals surface area contributed by atoms with E-state index in [-0.39, 0.29) is 6.04 Å². The third kappa shape index (κ3) is 2.41. The number of aromatic nitrogens is 4. The van der Waals surface area contributed by atoms with Crippen molar-refractivity contribution < 1.29 is 0 Å². The first kappa shape index (κ1) is 12.7. The molecule has 0 aliphatic carbocycles. The second-order valence-electron chi connectivity index (χ2n) is 4.21. The van der Waals surface area contributed by atoms with Gasteiger partial charge in [0.1, 0.15) is 0 Å². The van der Waals surface area contributed by atoms with Crippen LogP contribution in [0.1, 0.15) is 38.2 Å². The lowest BCUT2D eigenvalue weighted by Crippen LogP contribution is -2.22. The Morgan fingerprint density at radius 1 is 1.28 bits per heavy atom. The van der Waals surface area contributed by atoms with Crippen molar-refractivity contribution in [3.8, 4) is 5.69 Å². The monoisotopic (exact) mass is 245 g/mol. The summed E-state index contributed by atoms with van der Waals surface area (Å²) < 4.78 is 1.83. The molecule has 2 aromatic rings. The summed E-state index contributed by atoms with van der Waals surface area (Å²) in [6, 6.07) is 8.35. The maximum absolute atomic E-state index is 4.13. The average Bonchev–Trinajstić information content (AvgIpc) is 2.88. The largest absolute Gasteiger partial charge is 0.308 e. The molecule has 5 heteroatoms. The molecule has 1 atom stereocenters. The SMILES string of the molecule is CCNC(C)c1nnnn1-c1ccccc1CC. The molecule has 5 nitrogen and oxygen atoms in total. The number of hydrogen-bond acceptors (Lipinski definition) is 4. The predicted molar refractivity (Wildman–Crippen MR) is 70.6 cm³/mol. The number of rotatable bonds is 5. The lowest BCUT2D eigenvalue weighted by Gasteiger charge is -2.13. The zero-order chi connectivity index (χ0) is 13.0. The van der Waals surface area contributed by atoms with Crippen LogP contribution < -0.4 is 5.32 Å². The molecule has 0 saturated carbocycles. The van der Waals surface area contributed by atoms with E-state index in [4.69, 9.17) is 0 Å². The summed E-state index contributed by atoms with van der Waals surface area (Å²) in [6.45, 7) is 7.17. The van der Waals surface area contributed by atoms with Gasteiger partial charge >= 0.3 is 0 Å². The molecule has 96 valence electrons. The van der Waals surface area contributed by atoms with E-state index in [1.54, 1.807) is 0 Å². The van der Waals surface area contributed by atoms with Crippen molar-refractivity contribution in [3.05, 3.63) is 35.7 Å². The first-order chi connectivity index (χ1) is 8.77. The van der Waals surface area contributed by atoms with Gasteiger partial charge in [-0.1, -0.05) is 32.0 Å². The molecule has 0 aliphatic rings. The van der Waals surface area contributed by atoms with Gasteiger partial charge < -0.3 is 5.32 Å². The van der Waals surface area contributed by atoms with Crippen LogP contribution in [0.4, 0.5) is 0 Å². The Labute approximate surface area is 107 Å². The van der Waals surface area contributed by atoms with Crippen LogP contribution in [-0.2, 0) is 6.42 Å². The molecule has 18 heavy (non-hydrogen) atoms. The highest BCUT2D eigenvalue weighted by atomic mass is 15.5. The summed E-state index contributed by atoms with van der Waals surface area (Å²) in [6.07, 6.45) is 0.963. The first-order valence-corrected chi connectivity index (χ1v) is 6.37. The number of nitrogens with zero attached hydrogens (tertiary/aromatic N) is 4. The topological polar surface area (TPSA) is 55.6 Å². The van der Waals surface area contributed by atoms with Crippen LogP contribution >= 0.6 is 0 Å². The van der Waals surface area contributed by atoms with Gasteiger partial charge in [0.15, 0.2) is 5.82 Å². The third-order valence-electron chi connectivity index (χ3n) is 2.99. The highest BCUT2D eigenvalue weighted by molar-refractivity contribution is 5.40. The Morgan fingerprint density at radius 2 is 2.06 bits per heavy atom. The number of hydrogen-bond donors (Lipinski definition) is 1. The minimum Gasteiger partial charge on any atom is -0.308 e. The van der Waals surface area contributed by atoms with Crippen LogP contribution in [0.15, 0.2) is 24.3 Å². The van der Waals surface area contributed by atoms with Gasteiger partial charge in [0, 0.05) is 0 Å². The Kier molecular flexibility index (Phi) is 4.04. The minimum atomic E-state index is 0.134. The van der Waals surface area contributed by atoms with E-state index in [2.05, 4.69) is 53.7 Å². The summed E-state index contributed by atoms with van der Waals surface area (Å²) >= 11 is 0. The molecule has 0 bridgehead atoms. The molecule has 1 heterocycles. The number of nitrogens with one attached hydrogen (secondary N) is 1. The van der Waals surface area contributed by atoms with Crippen LogP contribution in [0.5, 0.6) is 0 Å². The van der Waals surface area contributed by atoms with Crippen LogP contribution in [-0.4, -0.2) is 26.8 Å². The number of aryl methyl sites for hydroxylation is 1. The summed E-state index contributed by atoms with van der Waals surface area (Å²) in [5, 5.41) is 15.4. The van der Waals surface area contributed by atoms with E-state index >= 15 is 0 Å². The lowest BCUT2D eigenvalue weighted by molar-refractivity contribution is 0.550. The van der Waals surface area contributed by atoms with Crippen molar-refractivity contribution >= 4 is 0 Å². The molecule has 1 aromatic carbocycles. The van der Waals surface area contributed by atoms with Gasteiger partial charge in [0.2, 0.25) is 0 Å². The fourth-order valence-corrected chi connectivity index (χ4v) is 2.05. The van der Waals surface area contributed by atoms with Crippen LogP contribution in [0.25, 0.3) is 5.69 Å². The Hall–Kier alpha value is -1.75. The summed E-state index contributed by atoms with van der Waals surface area (Å²) in [7, 11) is 0. The smallest absolute Gasteiger partial charge is 0.173 e. The summed E-state index contributed by atoms with van der Waals surface area (Å²) in [4.78, 5) is 0. The van der Waals surface area contributed by atoms with Crippen LogP contribution in [0, 0.1) is 0 Å². The van der Waals surface area contributed by atoms with Crippen LogP contribution in [0.3, 0.4) is 0 Å². The zero-order valence-electron chi connectivity index (χ0n) is 11.1. The Balaban J connectivity index is 2.42. The van der Waals surface area contributed by atoms with Crippen molar-refractivity contribution in [2.24, 2.45) is 0 Å². The highest BCUT2D eigenvalue weighted by Gasteiger charge is 2.16. The van der Waals surface area contributed by atoms with Gasteiger partial charge in [-0.05, 0) is 41.9 Å². The van der Waals surface area contributed by atoms with E-state index < -0.39 is 0 Å². The molecule has 0 saturated heterocycles. The number of benzene rings is 1. The van der Waals surface area contributed by atoms with E-state index in [0.717, 1.165) is 24.5 Å². The van der Waals surface area contributed by atoms with E-state index in [9.17, 15) is 0 Å². The van der Waals surface area contributed by atoms with Gasteiger partial charge in [0.05, 0.1) is 11.7 Å². The van der Waals surface area contributed by atoms with E-state index in [0.29, 0.717) is 0 Å². The maximum atomic E-state index is 4.13. The summed E-state index contributed by atoms with van der Waals surface area (Å²) in [5.74, 6) is 0.845. The molecule has 1 aromatic heterocycles. The fraction of sp³-hybridized carbons (Fsp3) is 0.462. The quantitative estimate of drug-likeness (QED) is 0.874. The lowest BCUT2D eigenvalue weighted by atomic mass is 10.1. The molecule has 1 unspecified atom stereocenters. The molecule has 0 spiro atoms. The molecule has 1 N–H and O–H groups in total. The predicted octanol–water partition coefficient (Wildman–Crippen LogP) is 1.90. The fourth-order valence-electron chi connectivity index (χ4n) is 2.05. The van der Waals surface area contributed by atoms with Crippen molar-refractivity contribution in [1.82, 2.24) is 25.5 Å². The van der Waals surface area contributed by atoms with Crippen molar-refractivity contribution in [3.63, 3.8) is 0 Å². The molecular weight excluding hydrogens is 226 g/mol. The van der Waals surface area contributed by atoms with Crippen molar-refractivity contribution in [2.75, 3.05) is 6.54 Å². The standard InChI is InChI=1S/C13H19N5/c1-4-11-8-6-7-9-12(11)18-13(15-16-17-18)10(3)14-5-2/h6-10,14H,4-5H2,1-3H3. The van der Waals surface area contributed by atoms with Gasteiger partial charge in [-0.2, -0.15) is 4.68 Å². The number of tetrazole rings is 1. The second-order valence-corrected chi connectivity index (χ2v) is 4.21. The molecule has 2 rings (SSSR count). The van der Waals surface area contributed by atoms with Gasteiger partial charge in [-0.25, -0.2) is 0 Å². The van der Waals surface area contributed by atoms with Gasteiger partial charge in [-0.15, -0.1) is 5.10 Å². The molecular formula is C13H19N5. The normalized spacial score (nSPS) is 12.6. The third-order valence-corrected chi connectivity index (χ3v) is 2.99. The van der Waals surface area contributed by atoms with E-state index in [1.807, 2.05) is 16.8 Å². The minimum absolute atomic E-state index is 0.134. The molecule has 0 amide bonds. The first-order valence-electron chi connectivity index (χ1n) is 6.37. The Bertz CT molecular complexity index is 506. The highest BCUT2D eigenvalue weighted by Crippen LogP contribution is 2.18. The van der Waals surface area contributed by atoms with Crippen molar-refractivity contribution in [1.29, 1.82) is 0 Å². The van der Waals surface area contributed by atoms with E-state index in [1.165, 1.54) is 5.56 Å². The second kappa shape index (κ2) is 5.73. The maximum Gasteiger partial charge on any atom is 0.173 e. The molecule has 0 radical (unpaired) electrons. The van der Waals surface area contributed by atoms with Gasteiger partial charge in [0.25, 0.3) is 0 Å². The molecule has 0 fully saturated rings.